The Morgan fingerprint density at radius 1 is 1.31 bits per heavy atom. The lowest BCUT2D eigenvalue weighted by molar-refractivity contribution is -0.117. The highest BCUT2D eigenvalue weighted by Crippen LogP contribution is 2.19. The number of allylic oxidation sites excluding steroid dienone is 1. The molecule has 0 bridgehead atoms. The minimum Gasteiger partial charge on any atom is -0.505 e. The van der Waals surface area contributed by atoms with E-state index in [4.69, 9.17) is 9.84 Å². The maximum Gasteiger partial charge on any atom is 0.197 e. The summed E-state index contributed by atoms with van der Waals surface area (Å²) in [6.45, 7) is 1.02. The monoisotopic (exact) mass is 218 g/mol. The maximum atomic E-state index is 11.0. The standard InChI is InChI=1S/C13H14O3/c14-12-6-11(7-13(12)15)9-16-8-10-4-2-1-3-5-10/h1-6,11,14H,7-9H2. The van der Waals surface area contributed by atoms with Gasteiger partial charge in [-0.3, -0.25) is 4.79 Å². The Bertz CT molecular complexity index is 395. The third kappa shape index (κ3) is 2.70. The van der Waals surface area contributed by atoms with Gasteiger partial charge >= 0.3 is 0 Å². The fourth-order valence-corrected chi connectivity index (χ4v) is 1.73. The van der Waals surface area contributed by atoms with Crippen molar-refractivity contribution in [1.82, 2.24) is 0 Å². The molecule has 1 aromatic rings. The fraction of sp³-hybridized carbons (Fsp3) is 0.308. The van der Waals surface area contributed by atoms with E-state index in [9.17, 15) is 4.79 Å². The van der Waals surface area contributed by atoms with E-state index in [2.05, 4.69) is 0 Å². The van der Waals surface area contributed by atoms with Crippen LogP contribution in [0, 0.1) is 5.92 Å². The molecule has 0 heterocycles. The van der Waals surface area contributed by atoms with Crippen molar-refractivity contribution in [2.75, 3.05) is 6.61 Å². The highest BCUT2D eigenvalue weighted by Gasteiger charge is 2.23. The van der Waals surface area contributed by atoms with Crippen LogP contribution < -0.4 is 0 Å². The van der Waals surface area contributed by atoms with Crippen molar-refractivity contribution >= 4 is 5.78 Å². The lowest BCUT2D eigenvalue weighted by Gasteiger charge is -2.07. The number of hydrogen-bond acceptors (Lipinski definition) is 3. The van der Waals surface area contributed by atoms with Crippen molar-refractivity contribution in [2.45, 2.75) is 13.0 Å². The number of aliphatic hydroxyl groups is 1. The molecule has 1 aromatic carbocycles. The fourth-order valence-electron chi connectivity index (χ4n) is 1.73. The van der Waals surface area contributed by atoms with Crippen LogP contribution in [0.5, 0.6) is 0 Å². The first-order valence-electron chi connectivity index (χ1n) is 5.31. The van der Waals surface area contributed by atoms with Gasteiger partial charge in [0.15, 0.2) is 11.5 Å². The molecule has 16 heavy (non-hydrogen) atoms. The molecular formula is C13H14O3. The third-order valence-corrected chi connectivity index (χ3v) is 2.57. The van der Waals surface area contributed by atoms with Crippen molar-refractivity contribution in [1.29, 1.82) is 0 Å². The number of carbonyl (C=O) groups is 1. The van der Waals surface area contributed by atoms with E-state index in [1.807, 2.05) is 30.3 Å². The van der Waals surface area contributed by atoms with Gasteiger partial charge in [0.1, 0.15) is 0 Å². The van der Waals surface area contributed by atoms with Crippen molar-refractivity contribution < 1.29 is 14.6 Å². The second-order valence-electron chi connectivity index (χ2n) is 3.94. The van der Waals surface area contributed by atoms with Crippen LogP contribution in [0.3, 0.4) is 0 Å². The highest BCUT2D eigenvalue weighted by atomic mass is 16.5. The van der Waals surface area contributed by atoms with Crippen LogP contribution in [-0.2, 0) is 16.1 Å². The van der Waals surface area contributed by atoms with Gasteiger partial charge in [-0.2, -0.15) is 0 Å². The second-order valence-corrected chi connectivity index (χ2v) is 3.94. The summed E-state index contributed by atoms with van der Waals surface area (Å²) in [4.78, 5) is 11.0. The summed E-state index contributed by atoms with van der Waals surface area (Å²) in [7, 11) is 0. The highest BCUT2D eigenvalue weighted by molar-refractivity contribution is 5.95. The van der Waals surface area contributed by atoms with Gasteiger partial charge in [-0.25, -0.2) is 0 Å². The normalized spacial score (nSPS) is 19.9. The summed E-state index contributed by atoms with van der Waals surface area (Å²) in [5.41, 5.74) is 1.11. The Kier molecular flexibility index (Phi) is 3.37. The molecule has 3 nitrogen and oxygen atoms in total. The lowest BCUT2D eigenvalue weighted by Crippen LogP contribution is -2.06. The number of ketones is 1. The van der Waals surface area contributed by atoms with E-state index in [0.29, 0.717) is 19.6 Å². The van der Waals surface area contributed by atoms with E-state index in [0.717, 1.165) is 5.56 Å². The van der Waals surface area contributed by atoms with Gasteiger partial charge in [0.05, 0.1) is 13.2 Å². The average molecular weight is 218 g/mol. The molecule has 0 fully saturated rings. The Morgan fingerprint density at radius 3 is 2.69 bits per heavy atom. The zero-order valence-corrected chi connectivity index (χ0v) is 8.93. The SMILES string of the molecule is O=C1CC(COCc2ccccc2)C=C1O. The predicted molar refractivity (Wildman–Crippen MR) is 59.9 cm³/mol. The van der Waals surface area contributed by atoms with Crippen LogP contribution in [0.2, 0.25) is 0 Å². The number of rotatable bonds is 4. The molecule has 0 saturated heterocycles. The quantitative estimate of drug-likeness (QED) is 0.843. The van der Waals surface area contributed by atoms with Crippen LogP contribution in [0.4, 0.5) is 0 Å². The molecule has 0 spiro atoms. The Labute approximate surface area is 94.4 Å². The smallest absolute Gasteiger partial charge is 0.197 e. The summed E-state index contributed by atoms with van der Waals surface area (Å²) >= 11 is 0. The predicted octanol–water partition coefficient (Wildman–Crippen LogP) is 2.23. The molecule has 0 aromatic heterocycles. The summed E-state index contributed by atoms with van der Waals surface area (Å²) < 4.78 is 5.49. The molecule has 0 radical (unpaired) electrons. The van der Waals surface area contributed by atoms with Gasteiger partial charge in [0, 0.05) is 12.3 Å². The van der Waals surface area contributed by atoms with E-state index in [-0.39, 0.29) is 17.5 Å². The number of Topliss-reactive ketones (excluding diaryl/α,β-unsaturated/α-hetero) is 1. The average Bonchev–Trinajstić information content (AvgIpc) is 2.60. The van der Waals surface area contributed by atoms with Crippen molar-refractivity contribution in [3.8, 4) is 0 Å². The summed E-state index contributed by atoms with van der Waals surface area (Å²) in [5, 5.41) is 9.14. The topological polar surface area (TPSA) is 46.5 Å². The number of ether oxygens (including phenoxy) is 1. The van der Waals surface area contributed by atoms with Crippen molar-refractivity contribution in [3.05, 3.63) is 47.7 Å². The molecule has 0 amide bonds. The maximum absolute atomic E-state index is 11.0. The minimum absolute atomic E-state index is 0.0243. The molecule has 0 aliphatic heterocycles. The van der Waals surface area contributed by atoms with Crippen molar-refractivity contribution in [2.24, 2.45) is 5.92 Å². The number of aliphatic hydroxyl groups excluding tert-OH is 1. The van der Waals surface area contributed by atoms with Crippen LogP contribution >= 0.6 is 0 Å². The number of carbonyl (C=O) groups excluding carboxylic acids is 1. The molecule has 0 saturated carbocycles. The molecule has 1 aliphatic rings. The molecule has 2 rings (SSSR count). The van der Waals surface area contributed by atoms with Gasteiger partial charge in [-0.05, 0) is 11.6 Å². The van der Waals surface area contributed by atoms with Crippen LogP contribution in [0.15, 0.2) is 42.2 Å². The first-order chi connectivity index (χ1) is 7.75. The van der Waals surface area contributed by atoms with Gasteiger partial charge in [-0.1, -0.05) is 30.3 Å². The van der Waals surface area contributed by atoms with Gasteiger partial charge in [0.2, 0.25) is 0 Å². The lowest BCUT2D eigenvalue weighted by atomic mass is 10.1. The molecule has 1 unspecified atom stereocenters. The molecule has 1 aliphatic carbocycles. The van der Waals surface area contributed by atoms with E-state index in [1.54, 1.807) is 6.08 Å². The first-order valence-corrected chi connectivity index (χ1v) is 5.31. The Hall–Kier alpha value is -1.61. The van der Waals surface area contributed by atoms with Crippen molar-refractivity contribution in [3.63, 3.8) is 0 Å². The number of benzene rings is 1. The van der Waals surface area contributed by atoms with Gasteiger partial charge in [0.25, 0.3) is 0 Å². The molecule has 1 N–H and O–H groups in total. The van der Waals surface area contributed by atoms with Crippen LogP contribution in [0.25, 0.3) is 0 Å². The molecule has 3 heteroatoms. The minimum atomic E-state index is -0.187. The second kappa shape index (κ2) is 4.94. The van der Waals surface area contributed by atoms with E-state index < -0.39 is 0 Å². The zero-order valence-electron chi connectivity index (χ0n) is 8.93. The Morgan fingerprint density at radius 2 is 2.06 bits per heavy atom. The number of hydrogen-bond donors (Lipinski definition) is 1. The third-order valence-electron chi connectivity index (χ3n) is 2.57. The van der Waals surface area contributed by atoms with Crippen LogP contribution in [0.1, 0.15) is 12.0 Å². The molecule has 84 valence electrons. The zero-order chi connectivity index (χ0) is 11.4. The largest absolute Gasteiger partial charge is 0.505 e. The Balaban J connectivity index is 1.76. The first kappa shape index (κ1) is 10.9. The van der Waals surface area contributed by atoms with Gasteiger partial charge < -0.3 is 9.84 Å². The molecule has 1 atom stereocenters. The van der Waals surface area contributed by atoms with Gasteiger partial charge in [-0.15, -0.1) is 0 Å². The van der Waals surface area contributed by atoms with Crippen LogP contribution in [-0.4, -0.2) is 17.5 Å². The summed E-state index contributed by atoms with van der Waals surface area (Å²) in [6, 6.07) is 9.87. The molecular weight excluding hydrogens is 204 g/mol. The van der Waals surface area contributed by atoms with E-state index in [1.165, 1.54) is 0 Å². The summed E-state index contributed by atoms with van der Waals surface area (Å²) in [6.07, 6.45) is 1.94. The van der Waals surface area contributed by atoms with E-state index >= 15 is 0 Å². The summed E-state index contributed by atoms with van der Waals surface area (Å²) in [5.74, 6) is -0.280.